The Bertz CT molecular complexity index is 1030. The first kappa shape index (κ1) is 24.7. The minimum absolute atomic E-state index is 0.0921. The fraction of sp³-hybridized carbons (Fsp3) is 0.435. The van der Waals surface area contributed by atoms with Crippen LogP contribution in [0.4, 0.5) is 23.1 Å². The van der Waals surface area contributed by atoms with Crippen LogP contribution in [0.25, 0.3) is 0 Å². The lowest BCUT2D eigenvalue weighted by Crippen LogP contribution is -2.48. The normalized spacial score (nSPS) is 14.6. The summed E-state index contributed by atoms with van der Waals surface area (Å²) in [6.07, 6.45) is 1.83. The van der Waals surface area contributed by atoms with Gasteiger partial charge in [0.05, 0.1) is 0 Å². The fourth-order valence-electron chi connectivity index (χ4n) is 3.77. The standard InChI is InChI=1S/C23H32N8O3/c1-14(2)12-19(21(25)34)28-23-26-13-18(20(24)33)22(29-23)27-16-4-6-17(7-5-16)31-10-8-30(9-11-31)15(3)32/h4-7,13-14,19H,8-12H2,1-3H3,(H2,24,33)(H2,25,34)(H2,26,27,28,29). The molecule has 2 aromatic rings. The fourth-order valence-corrected chi connectivity index (χ4v) is 3.77. The Labute approximate surface area is 198 Å². The first-order valence-corrected chi connectivity index (χ1v) is 11.2. The van der Waals surface area contributed by atoms with E-state index in [0.717, 1.165) is 18.8 Å². The van der Waals surface area contributed by atoms with Gasteiger partial charge in [0, 0.05) is 50.7 Å². The van der Waals surface area contributed by atoms with Crippen LogP contribution in [0.2, 0.25) is 0 Å². The zero-order chi connectivity index (χ0) is 24.8. The zero-order valence-electron chi connectivity index (χ0n) is 19.7. The molecule has 1 aliphatic rings. The number of aromatic nitrogens is 2. The van der Waals surface area contributed by atoms with Crippen molar-refractivity contribution in [2.45, 2.75) is 33.2 Å². The third-order valence-corrected chi connectivity index (χ3v) is 5.63. The molecule has 3 amide bonds. The van der Waals surface area contributed by atoms with Crippen molar-refractivity contribution in [2.24, 2.45) is 17.4 Å². The molecule has 1 atom stereocenters. The lowest BCUT2D eigenvalue weighted by Gasteiger charge is -2.35. The average molecular weight is 469 g/mol. The van der Waals surface area contributed by atoms with Crippen LogP contribution < -0.4 is 27.0 Å². The van der Waals surface area contributed by atoms with Crippen LogP contribution in [0.1, 0.15) is 37.6 Å². The van der Waals surface area contributed by atoms with Crippen molar-refractivity contribution in [3.05, 3.63) is 36.0 Å². The summed E-state index contributed by atoms with van der Waals surface area (Å²) in [5, 5.41) is 6.05. The smallest absolute Gasteiger partial charge is 0.254 e. The van der Waals surface area contributed by atoms with Gasteiger partial charge in [-0.05, 0) is 36.6 Å². The Balaban J connectivity index is 1.74. The van der Waals surface area contributed by atoms with Crippen LogP contribution in [0.3, 0.4) is 0 Å². The number of carbonyl (C=O) groups excluding carboxylic acids is 3. The van der Waals surface area contributed by atoms with Crippen molar-refractivity contribution in [3.8, 4) is 0 Å². The molecule has 11 heteroatoms. The van der Waals surface area contributed by atoms with Crippen LogP contribution in [-0.4, -0.2) is 64.8 Å². The average Bonchev–Trinajstić information content (AvgIpc) is 2.79. The summed E-state index contributed by atoms with van der Waals surface area (Å²) >= 11 is 0. The maximum absolute atomic E-state index is 11.9. The Morgan fingerprint density at radius 1 is 1.06 bits per heavy atom. The van der Waals surface area contributed by atoms with Crippen LogP contribution >= 0.6 is 0 Å². The zero-order valence-corrected chi connectivity index (χ0v) is 19.7. The number of benzene rings is 1. The number of rotatable bonds is 9. The molecule has 1 unspecified atom stereocenters. The molecule has 11 nitrogen and oxygen atoms in total. The highest BCUT2D eigenvalue weighted by Crippen LogP contribution is 2.24. The van der Waals surface area contributed by atoms with Gasteiger partial charge in [-0.3, -0.25) is 14.4 Å². The predicted octanol–water partition coefficient (Wildman–Crippen LogP) is 1.30. The molecule has 1 saturated heterocycles. The van der Waals surface area contributed by atoms with Crippen molar-refractivity contribution in [1.82, 2.24) is 14.9 Å². The first-order chi connectivity index (χ1) is 16.1. The molecule has 0 spiro atoms. The van der Waals surface area contributed by atoms with E-state index in [2.05, 4.69) is 25.5 Å². The number of piperazine rings is 1. The van der Waals surface area contributed by atoms with Crippen LogP contribution in [0.5, 0.6) is 0 Å². The number of nitrogens with one attached hydrogen (secondary N) is 2. The van der Waals surface area contributed by atoms with Crippen molar-refractivity contribution in [2.75, 3.05) is 41.7 Å². The molecule has 3 rings (SSSR count). The lowest BCUT2D eigenvalue weighted by molar-refractivity contribution is -0.129. The van der Waals surface area contributed by atoms with E-state index >= 15 is 0 Å². The highest BCUT2D eigenvalue weighted by molar-refractivity contribution is 5.98. The second-order valence-corrected chi connectivity index (χ2v) is 8.71. The summed E-state index contributed by atoms with van der Waals surface area (Å²) < 4.78 is 0. The van der Waals surface area contributed by atoms with Crippen molar-refractivity contribution >= 4 is 40.9 Å². The van der Waals surface area contributed by atoms with Gasteiger partial charge in [-0.2, -0.15) is 4.98 Å². The van der Waals surface area contributed by atoms with E-state index in [1.54, 1.807) is 6.92 Å². The number of hydrogen-bond acceptors (Lipinski definition) is 8. The number of nitrogens with zero attached hydrogens (tertiary/aromatic N) is 4. The highest BCUT2D eigenvalue weighted by Gasteiger charge is 2.21. The van der Waals surface area contributed by atoms with Crippen molar-refractivity contribution in [1.29, 1.82) is 0 Å². The van der Waals surface area contributed by atoms with Crippen molar-refractivity contribution < 1.29 is 14.4 Å². The maximum atomic E-state index is 11.9. The molecule has 1 aromatic carbocycles. The van der Waals surface area contributed by atoms with E-state index < -0.39 is 17.9 Å². The van der Waals surface area contributed by atoms with E-state index in [0.29, 0.717) is 25.2 Å². The van der Waals surface area contributed by atoms with Crippen LogP contribution in [0, 0.1) is 5.92 Å². The van der Waals surface area contributed by atoms with Gasteiger partial charge in [0.2, 0.25) is 17.8 Å². The Morgan fingerprint density at radius 2 is 1.71 bits per heavy atom. The summed E-state index contributed by atoms with van der Waals surface area (Å²) in [6.45, 7) is 8.45. The molecule has 0 bridgehead atoms. The molecule has 2 heterocycles. The molecule has 1 aromatic heterocycles. The molecular weight excluding hydrogens is 436 g/mol. The Kier molecular flexibility index (Phi) is 7.87. The second-order valence-electron chi connectivity index (χ2n) is 8.71. The number of anilines is 4. The molecule has 0 saturated carbocycles. The number of primary amides is 2. The third-order valence-electron chi connectivity index (χ3n) is 5.63. The first-order valence-electron chi connectivity index (χ1n) is 11.2. The Morgan fingerprint density at radius 3 is 2.24 bits per heavy atom. The van der Waals surface area contributed by atoms with E-state index in [-0.39, 0.29) is 29.2 Å². The van der Waals surface area contributed by atoms with E-state index in [1.165, 1.54) is 6.20 Å². The van der Waals surface area contributed by atoms with Gasteiger partial charge in [-0.1, -0.05) is 13.8 Å². The molecule has 1 aliphatic heterocycles. The van der Waals surface area contributed by atoms with Crippen molar-refractivity contribution in [3.63, 3.8) is 0 Å². The van der Waals surface area contributed by atoms with Gasteiger partial charge in [0.1, 0.15) is 17.4 Å². The van der Waals surface area contributed by atoms with Gasteiger partial charge in [0.15, 0.2) is 0 Å². The molecule has 1 fully saturated rings. The summed E-state index contributed by atoms with van der Waals surface area (Å²) in [5.41, 5.74) is 12.9. The van der Waals surface area contributed by atoms with Gasteiger partial charge in [0.25, 0.3) is 5.91 Å². The molecule has 34 heavy (non-hydrogen) atoms. The van der Waals surface area contributed by atoms with E-state index in [4.69, 9.17) is 11.5 Å². The monoisotopic (exact) mass is 468 g/mol. The molecule has 0 aliphatic carbocycles. The number of hydrogen-bond donors (Lipinski definition) is 4. The highest BCUT2D eigenvalue weighted by atomic mass is 16.2. The summed E-state index contributed by atoms with van der Waals surface area (Å²) in [6, 6.07) is 7.02. The van der Waals surface area contributed by atoms with Crippen LogP contribution in [-0.2, 0) is 9.59 Å². The third kappa shape index (κ3) is 6.33. The Hall–Kier alpha value is -3.89. The van der Waals surface area contributed by atoms with Gasteiger partial charge in [-0.15, -0.1) is 0 Å². The minimum atomic E-state index is -0.678. The lowest BCUT2D eigenvalue weighted by atomic mass is 10.0. The maximum Gasteiger partial charge on any atom is 0.254 e. The topological polar surface area (TPSA) is 160 Å². The summed E-state index contributed by atoms with van der Waals surface area (Å²) in [4.78, 5) is 47.8. The largest absolute Gasteiger partial charge is 0.368 e. The van der Waals surface area contributed by atoms with Gasteiger partial charge in [-0.25, -0.2) is 4.98 Å². The van der Waals surface area contributed by atoms with Crippen LogP contribution in [0.15, 0.2) is 30.5 Å². The number of carbonyl (C=O) groups is 3. The molecule has 182 valence electrons. The SMILES string of the molecule is CC(=O)N1CCN(c2ccc(Nc3nc(NC(CC(C)C)C(N)=O)ncc3C(N)=O)cc2)CC1. The molecule has 6 N–H and O–H groups in total. The van der Waals surface area contributed by atoms with E-state index in [1.807, 2.05) is 43.0 Å². The summed E-state index contributed by atoms with van der Waals surface area (Å²) in [7, 11) is 0. The minimum Gasteiger partial charge on any atom is -0.368 e. The quantitative estimate of drug-likeness (QED) is 0.428. The van der Waals surface area contributed by atoms with Gasteiger partial charge >= 0.3 is 0 Å². The number of nitrogens with two attached hydrogens (primary N) is 2. The summed E-state index contributed by atoms with van der Waals surface area (Å²) in [5.74, 6) is -0.475. The van der Waals surface area contributed by atoms with Gasteiger partial charge < -0.3 is 31.9 Å². The van der Waals surface area contributed by atoms with E-state index in [9.17, 15) is 14.4 Å². The predicted molar refractivity (Wildman–Crippen MR) is 131 cm³/mol. The molecule has 0 radical (unpaired) electrons. The number of amides is 3. The second kappa shape index (κ2) is 10.8. The molecular formula is C23H32N8O3.